The lowest BCUT2D eigenvalue weighted by Crippen LogP contribution is -2.44. The van der Waals surface area contributed by atoms with Gasteiger partial charge in [0.15, 0.2) is 0 Å². The zero-order valence-electron chi connectivity index (χ0n) is 12.1. The molecule has 0 aliphatic carbocycles. The second-order valence-electron chi connectivity index (χ2n) is 5.57. The molecule has 110 valence electrons. The summed E-state index contributed by atoms with van der Waals surface area (Å²) < 4.78 is 1.23. The zero-order valence-corrected chi connectivity index (χ0v) is 12.9. The summed E-state index contributed by atoms with van der Waals surface area (Å²) in [4.78, 5) is 26.0. The van der Waals surface area contributed by atoms with Gasteiger partial charge in [0.05, 0.1) is 0 Å². The highest BCUT2D eigenvalue weighted by molar-refractivity contribution is 7.17. The normalized spacial score (nSPS) is 23.2. The number of carbonyl (C=O) groups is 2. The van der Waals surface area contributed by atoms with Crippen LogP contribution in [0.1, 0.15) is 25.8 Å². The number of hydrogen-bond donors (Lipinski definition) is 1. The van der Waals surface area contributed by atoms with Gasteiger partial charge in [-0.15, -0.1) is 11.3 Å². The van der Waals surface area contributed by atoms with E-state index in [1.54, 1.807) is 18.3 Å². The van der Waals surface area contributed by atoms with Crippen LogP contribution in [0, 0.1) is 0 Å². The summed E-state index contributed by atoms with van der Waals surface area (Å²) in [5.41, 5.74) is 1.15. The Kier molecular flexibility index (Phi) is 3.68. The smallest absolute Gasteiger partial charge is 0.245 e. The molecule has 2 amide bonds. The maximum absolute atomic E-state index is 12.5. The highest BCUT2D eigenvalue weighted by Crippen LogP contribution is 2.28. The van der Waals surface area contributed by atoms with E-state index in [1.807, 2.05) is 24.0 Å². The van der Waals surface area contributed by atoms with Crippen LogP contribution in [0.3, 0.4) is 0 Å². The molecular formula is C16H18N2O2S. The Balaban J connectivity index is 1.91. The van der Waals surface area contributed by atoms with Gasteiger partial charge in [-0.05, 0) is 36.2 Å². The third-order valence-corrected chi connectivity index (χ3v) is 4.96. The molecule has 0 radical (unpaired) electrons. The van der Waals surface area contributed by atoms with Crippen LogP contribution in [0.5, 0.6) is 0 Å². The summed E-state index contributed by atoms with van der Waals surface area (Å²) in [5.74, 6) is -0.0651. The SMILES string of the molecule is CC1NC(=O)CC(C)N(Cc2csc3ccccc23)C1=O. The first kappa shape index (κ1) is 14.1. The van der Waals surface area contributed by atoms with E-state index in [-0.39, 0.29) is 17.9 Å². The molecule has 4 nitrogen and oxygen atoms in total. The lowest BCUT2D eigenvalue weighted by atomic mass is 10.1. The number of benzene rings is 1. The average Bonchev–Trinajstić information content (AvgIpc) is 2.83. The van der Waals surface area contributed by atoms with E-state index in [0.29, 0.717) is 13.0 Å². The number of carbonyl (C=O) groups excluding carboxylic acids is 2. The molecule has 1 aromatic carbocycles. The molecule has 1 aromatic heterocycles. The van der Waals surface area contributed by atoms with Crippen LogP contribution in [0.25, 0.3) is 10.1 Å². The molecule has 1 aliphatic heterocycles. The van der Waals surface area contributed by atoms with Crippen molar-refractivity contribution in [3.8, 4) is 0 Å². The first-order valence-electron chi connectivity index (χ1n) is 7.11. The fourth-order valence-electron chi connectivity index (χ4n) is 2.78. The molecule has 1 fully saturated rings. The number of rotatable bonds is 2. The van der Waals surface area contributed by atoms with Gasteiger partial charge in [0.1, 0.15) is 6.04 Å². The lowest BCUT2D eigenvalue weighted by molar-refractivity contribution is -0.135. The molecular weight excluding hydrogens is 284 g/mol. The van der Waals surface area contributed by atoms with Crippen molar-refractivity contribution in [2.45, 2.75) is 38.9 Å². The summed E-state index contributed by atoms with van der Waals surface area (Å²) in [5, 5.41) is 6.04. The fourth-order valence-corrected chi connectivity index (χ4v) is 3.73. The molecule has 3 rings (SSSR count). The minimum Gasteiger partial charge on any atom is -0.345 e. The maximum atomic E-state index is 12.5. The maximum Gasteiger partial charge on any atom is 0.245 e. The number of nitrogens with zero attached hydrogens (tertiary/aromatic N) is 1. The van der Waals surface area contributed by atoms with Gasteiger partial charge >= 0.3 is 0 Å². The quantitative estimate of drug-likeness (QED) is 0.927. The van der Waals surface area contributed by atoms with Crippen LogP contribution >= 0.6 is 11.3 Å². The summed E-state index contributed by atoms with van der Waals surface area (Å²) in [6, 6.07) is 7.67. The molecule has 2 heterocycles. The van der Waals surface area contributed by atoms with Gasteiger partial charge < -0.3 is 10.2 Å². The third kappa shape index (κ3) is 2.65. The largest absolute Gasteiger partial charge is 0.345 e. The van der Waals surface area contributed by atoms with Crippen LogP contribution in [-0.4, -0.2) is 28.8 Å². The van der Waals surface area contributed by atoms with Crippen molar-refractivity contribution in [3.63, 3.8) is 0 Å². The minimum absolute atomic E-state index is 0.0105. The predicted octanol–water partition coefficient (Wildman–Crippen LogP) is 2.53. The first-order chi connectivity index (χ1) is 10.1. The van der Waals surface area contributed by atoms with E-state index in [0.717, 1.165) is 5.56 Å². The van der Waals surface area contributed by atoms with Gasteiger partial charge in [0, 0.05) is 23.7 Å². The van der Waals surface area contributed by atoms with Crippen molar-refractivity contribution in [2.24, 2.45) is 0 Å². The van der Waals surface area contributed by atoms with Crippen molar-refractivity contribution in [3.05, 3.63) is 35.2 Å². The highest BCUT2D eigenvalue weighted by atomic mass is 32.1. The zero-order chi connectivity index (χ0) is 15.0. The van der Waals surface area contributed by atoms with E-state index in [1.165, 1.54) is 10.1 Å². The Morgan fingerprint density at radius 3 is 2.86 bits per heavy atom. The van der Waals surface area contributed by atoms with Gasteiger partial charge in [-0.1, -0.05) is 18.2 Å². The number of amides is 2. The summed E-state index contributed by atoms with van der Waals surface area (Å²) in [6.07, 6.45) is 0.359. The van der Waals surface area contributed by atoms with Gasteiger partial charge in [-0.2, -0.15) is 0 Å². The van der Waals surface area contributed by atoms with E-state index >= 15 is 0 Å². The molecule has 0 bridgehead atoms. The van der Waals surface area contributed by atoms with Crippen LogP contribution in [0.15, 0.2) is 29.6 Å². The highest BCUT2D eigenvalue weighted by Gasteiger charge is 2.31. The minimum atomic E-state index is -0.452. The number of fused-ring (bicyclic) bond motifs is 1. The Bertz CT molecular complexity index is 694. The molecule has 1 saturated heterocycles. The second-order valence-corrected chi connectivity index (χ2v) is 6.48. The Morgan fingerprint density at radius 2 is 2.05 bits per heavy atom. The van der Waals surface area contributed by atoms with Gasteiger partial charge in [0.25, 0.3) is 0 Å². The first-order valence-corrected chi connectivity index (χ1v) is 7.99. The summed E-state index contributed by atoms with van der Waals surface area (Å²) in [7, 11) is 0. The number of nitrogens with one attached hydrogen (secondary N) is 1. The van der Waals surface area contributed by atoms with E-state index < -0.39 is 6.04 Å². The molecule has 21 heavy (non-hydrogen) atoms. The van der Waals surface area contributed by atoms with Crippen molar-refractivity contribution < 1.29 is 9.59 Å². The van der Waals surface area contributed by atoms with Crippen LogP contribution in [0.2, 0.25) is 0 Å². The van der Waals surface area contributed by atoms with Gasteiger partial charge in [-0.25, -0.2) is 0 Å². The standard InChI is InChI=1S/C16H18N2O2S/c1-10-7-15(19)17-11(2)16(20)18(10)8-12-9-21-14-6-4-3-5-13(12)14/h3-6,9-11H,7-8H2,1-2H3,(H,17,19). The van der Waals surface area contributed by atoms with Crippen LogP contribution < -0.4 is 5.32 Å². The van der Waals surface area contributed by atoms with Gasteiger partial charge in [-0.3, -0.25) is 9.59 Å². The summed E-state index contributed by atoms with van der Waals surface area (Å²) in [6.45, 7) is 4.24. The molecule has 1 N–H and O–H groups in total. The van der Waals surface area contributed by atoms with Crippen molar-refractivity contribution in [1.29, 1.82) is 0 Å². The Hall–Kier alpha value is -1.88. The van der Waals surface area contributed by atoms with Crippen molar-refractivity contribution in [2.75, 3.05) is 0 Å². The molecule has 2 atom stereocenters. The van der Waals surface area contributed by atoms with Crippen molar-refractivity contribution in [1.82, 2.24) is 10.2 Å². The lowest BCUT2D eigenvalue weighted by Gasteiger charge is -2.27. The molecule has 2 unspecified atom stereocenters. The monoisotopic (exact) mass is 302 g/mol. The molecule has 2 aromatic rings. The predicted molar refractivity (Wildman–Crippen MR) is 84.1 cm³/mol. The third-order valence-electron chi connectivity index (χ3n) is 3.95. The fraction of sp³-hybridized carbons (Fsp3) is 0.375. The second kappa shape index (κ2) is 5.48. The topological polar surface area (TPSA) is 49.4 Å². The van der Waals surface area contributed by atoms with Gasteiger partial charge in [0.2, 0.25) is 11.8 Å². The molecule has 0 saturated carbocycles. The molecule has 1 aliphatic rings. The van der Waals surface area contributed by atoms with E-state index in [2.05, 4.69) is 22.8 Å². The van der Waals surface area contributed by atoms with Crippen LogP contribution in [0.4, 0.5) is 0 Å². The van der Waals surface area contributed by atoms with E-state index in [4.69, 9.17) is 0 Å². The molecule has 5 heteroatoms. The average molecular weight is 302 g/mol. The Morgan fingerprint density at radius 1 is 1.29 bits per heavy atom. The van der Waals surface area contributed by atoms with Crippen molar-refractivity contribution >= 4 is 33.2 Å². The van der Waals surface area contributed by atoms with E-state index in [9.17, 15) is 9.59 Å². The number of hydrogen-bond acceptors (Lipinski definition) is 3. The van der Waals surface area contributed by atoms with Crippen LogP contribution in [-0.2, 0) is 16.1 Å². The number of thiophene rings is 1. The molecule has 0 spiro atoms. The summed E-state index contributed by atoms with van der Waals surface area (Å²) >= 11 is 1.69. The Labute approximate surface area is 127 Å².